The number of pyridine rings is 1. The molecular weight excluding hydrogens is 399 g/mol. The van der Waals surface area contributed by atoms with Crippen molar-refractivity contribution in [1.82, 2.24) is 9.88 Å². The van der Waals surface area contributed by atoms with Gasteiger partial charge in [0.15, 0.2) is 0 Å². The third kappa shape index (κ3) is 5.07. The standard InChI is InChI=1S/C18H17ClF3N3OS/c19-15-10-13(18(20,21)22)11-23-17(15)25-8-6-24(7-9-25)16(26)12-27-14-4-2-1-3-5-14/h1-5,10-11H,6-9,12H2. The number of rotatable bonds is 4. The van der Waals surface area contributed by atoms with Gasteiger partial charge >= 0.3 is 6.18 Å². The van der Waals surface area contributed by atoms with Crippen LogP contribution in [-0.2, 0) is 11.0 Å². The highest BCUT2D eigenvalue weighted by Crippen LogP contribution is 2.33. The van der Waals surface area contributed by atoms with Crippen LogP contribution in [0, 0.1) is 0 Å². The Bertz CT molecular complexity index is 796. The summed E-state index contributed by atoms with van der Waals surface area (Å²) in [6, 6.07) is 10.6. The van der Waals surface area contributed by atoms with Crippen LogP contribution in [-0.4, -0.2) is 47.7 Å². The average Bonchev–Trinajstić information content (AvgIpc) is 2.66. The molecule has 0 bridgehead atoms. The topological polar surface area (TPSA) is 36.4 Å². The zero-order valence-corrected chi connectivity index (χ0v) is 15.8. The molecule has 1 aromatic carbocycles. The highest BCUT2D eigenvalue weighted by atomic mass is 35.5. The number of amides is 1. The molecule has 0 N–H and O–H groups in total. The summed E-state index contributed by atoms with van der Waals surface area (Å²) < 4.78 is 38.2. The van der Waals surface area contributed by atoms with Crippen molar-refractivity contribution in [2.24, 2.45) is 0 Å². The maximum absolute atomic E-state index is 12.7. The fourth-order valence-corrected chi connectivity index (χ4v) is 3.85. The van der Waals surface area contributed by atoms with Crippen molar-refractivity contribution in [3.63, 3.8) is 0 Å². The molecule has 4 nitrogen and oxygen atoms in total. The number of carbonyl (C=O) groups excluding carboxylic acids is 1. The first-order valence-electron chi connectivity index (χ1n) is 8.28. The van der Waals surface area contributed by atoms with Crippen LogP contribution in [0.25, 0.3) is 0 Å². The second-order valence-electron chi connectivity index (χ2n) is 6.00. The fraction of sp³-hybridized carbons (Fsp3) is 0.333. The van der Waals surface area contributed by atoms with Gasteiger partial charge in [0.1, 0.15) is 5.82 Å². The van der Waals surface area contributed by atoms with Crippen LogP contribution in [0.4, 0.5) is 19.0 Å². The number of halogens is 4. The molecular formula is C18H17ClF3N3OS. The van der Waals surface area contributed by atoms with E-state index in [1.165, 1.54) is 11.8 Å². The number of piperazine rings is 1. The number of thioether (sulfide) groups is 1. The molecule has 2 aromatic rings. The molecule has 1 saturated heterocycles. The molecule has 0 spiro atoms. The second-order valence-corrected chi connectivity index (χ2v) is 7.45. The lowest BCUT2D eigenvalue weighted by Crippen LogP contribution is -2.49. The number of nitrogens with zero attached hydrogens (tertiary/aromatic N) is 3. The molecule has 144 valence electrons. The van der Waals surface area contributed by atoms with Crippen molar-refractivity contribution >= 4 is 35.1 Å². The Labute approximate surface area is 164 Å². The molecule has 0 saturated carbocycles. The van der Waals surface area contributed by atoms with Crippen LogP contribution in [0.15, 0.2) is 47.5 Å². The number of anilines is 1. The Morgan fingerprint density at radius 3 is 2.41 bits per heavy atom. The molecule has 1 amide bonds. The predicted molar refractivity (Wildman–Crippen MR) is 100 cm³/mol. The first-order chi connectivity index (χ1) is 12.8. The minimum Gasteiger partial charge on any atom is -0.352 e. The lowest BCUT2D eigenvalue weighted by Gasteiger charge is -2.35. The summed E-state index contributed by atoms with van der Waals surface area (Å²) >= 11 is 7.48. The first-order valence-corrected chi connectivity index (χ1v) is 9.64. The van der Waals surface area contributed by atoms with Gasteiger partial charge in [-0.05, 0) is 18.2 Å². The predicted octanol–water partition coefficient (Wildman–Crippen LogP) is 4.19. The minimum atomic E-state index is -4.48. The third-order valence-corrected chi connectivity index (χ3v) is 5.46. The average molecular weight is 416 g/mol. The summed E-state index contributed by atoms with van der Waals surface area (Å²) in [5, 5.41) is -0.0377. The van der Waals surface area contributed by atoms with Gasteiger partial charge in [0, 0.05) is 37.3 Å². The maximum Gasteiger partial charge on any atom is 0.417 e. The Hall–Kier alpha value is -1.93. The first kappa shape index (κ1) is 19.8. The van der Waals surface area contributed by atoms with Gasteiger partial charge in [-0.3, -0.25) is 4.79 Å². The van der Waals surface area contributed by atoms with E-state index >= 15 is 0 Å². The molecule has 27 heavy (non-hydrogen) atoms. The van der Waals surface area contributed by atoms with E-state index in [1.807, 2.05) is 30.3 Å². The molecule has 0 atom stereocenters. The molecule has 0 unspecified atom stereocenters. The van der Waals surface area contributed by atoms with Crippen LogP contribution in [0.1, 0.15) is 5.56 Å². The van der Waals surface area contributed by atoms with Crippen molar-refractivity contribution in [2.75, 3.05) is 36.8 Å². The molecule has 2 heterocycles. The largest absolute Gasteiger partial charge is 0.417 e. The van der Waals surface area contributed by atoms with Gasteiger partial charge in [-0.25, -0.2) is 4.98 Å². The van der Waals surface area contributed by atoms with Gasteiger partial charge in [0.25, 0.3) is 0 Å². The Balaban J connectivity index is 1.55. The number of benzene rings is 1. The lowest BCUT2D eigenvalue weighted by atomic mass is 10.2. The van der Waals surface area contributed by atoms with E-state index in [-0.39, 0.29) is 10.9 Å². The minimum absolute atomic E-state index is 0.0370. The van der Waals surface area contributed by atoms with Gasteiger partial charge in [-0.2, -0.15) is 13.2 Å². The Morgan fingerprint density at radius 1 is 1.15 bits per heavy atom. The van der Waals surface area contributed by atoms with E-state index < -0.39 is 11.7 Å². The summed E-state index contributed by atoms with van der Waals surface area (Å²) in [7, 11) is 0. The van der Waals surface area contributed by atoms with Gasteiger partial charge in [-0.15, -0.1) is 11.8 Å². The van der Waals surface area contributed by atoms with E-state index in [1.54, 1.807) is 9.80 Å². The van der Waals surface area contributed by atoms with Crippen molar-refractivity contribution in [1.29, 1.82) is 0 Å². The highest BCUT2D eigenvalue weighted by molar-refractivity contribution is 8.00. The van der Waals surface area contributed by atoms with Crippen molar-refractivity contribution < 1.29 is 18.0 Å². The van der Waals surface area contributed by atoms with E-state index in [0.29, 0.717) is 37.7 Å². The van der Waals surface area contributed by atoms with Crippen molar-refractivity contribution in [3.8, 4) is 0 Å². The SMILES string of the molecule is O=C(CSc1ccccc1)N1CCN(c2ncc(C(F)(F)F)cc2Cl)CC1. The van der Waals surface area contributed by atoms with E-state index in [0.717, 1.165) is 17.2 Å². The molecule has 3 rings (SSSR count). The van der Waals surface area contributed by atoms with Gasteiger partial charge < -0.3 is 9.80 Å². The van der Waals surface area contributed by atoms with E-state index in [4.69, 9.17) is 11.6 Å². The fourth-order valence-electron chi connectivity index (χ4n) is 2.74. The Morgan fingerprint density at radius 2 is 1.81 bits per heavy atom. The molecule has 0 aliphatic carbocycles. The Kier molecular flexibility index (Phi) is 6.16. The lowest BCUT2D eigenvalue weighted by molar-refractivity contribution is -0.137. The summed E-state index contributed by atoms with van der Waals surface area (Å²) in [6.07, 6.45) is -3.69. The third-order valence-electron chi connectivity index (χ3n) is 4.19. The molecule has 9 heteroatoms. The number of hydrogen-bond donors (Lipinski definition) is 0. The highest BCUT2D eigenvalue weighted by Gasteiger charge is 2.32. The number of alkyl halides is 3. The molecule has 1 aliphatic rings. The summed E-state index contributed by atoms with van der Waals surface area (Å²) in [5.41, 5.74) is -0.872. The molecule has 1 aliphatic heterocycles. The van der Waals surface area contributed by atoms with E-state index in [2.05, 4.69) is 4.98 Å². The number of aromatic nitrogens is 1. The van der Waals surface area contributed by atoms with Crippen LogP contribution >= 0.6 is 23.4 Å². The summed E-state index contributed by atoms with van der Waals surface area (Å²) in [5.74, 6) is 0.703. The normalized spacial score (nSPS) is 15.1. The number of carbonyl (C=O) groups is 1. The zero-order chi connectivity index (χ0) is 19.4. The molecule has 1 aromatic heterocycles. The van der Waals surface area contributed by atoms with Crippen LogP contribution in [0.5, 0.6) is 0 Å². The van der Waals surface area contributed by atoms with E-state index in [9.17, 15) is 18.0 Å². The summed E-state index contributed by atoms with van der Waals surface area (Å²) in [4.78, 5) is 20.8. The number of hydrogen-bond acceptors (Lipinski definition) is 4. The van der Waals surface area contributed by atoms with Crippen LogP contribution in [0.2, 0.25) is 5.02 Å². The molecule has 1 fully saturated rings. The maximum atomic E-state index is 12.7. The smallest absolute Gasteiger partial charge is 0.352 e. The van der Waals surface area contributed by atoms with Crippen LogP contribution in [0.3, 0.4) is 0 Å². The molecule has 0 radical (unpaired) electrons. The monoisotopic (exact) mass is 415 g/mol. The van der Waals surface area contributed by atoms with Crippen molar-refractivity contribution in [2.45, 2.75) is 11.1 Å². The van der Waals surface area contributed by atoms with Crippen LogP contribution < -0.4 is 4.90 Å². The zero-order valence-electron chi connectivity index (χ0n) is 14.2. The van der Waals surface area contributed by atoms with Gasteiger partial charge in [0.05, 0.1) is 16.3 Å². The quantitative estimate of drug-likeness (QED) is 0.701. The summed E-state index contributed by atoms with van der Waals surface area (Å²) in [6.45, 7) is 1.90. The van der Waals surface area contributed by atoms with Gasteiger partial charge in [-0.1, -0.05) is 29.8 Å². The van der Waals surface area contributed by atoms with Gasteiger partial charge in [0.2, 0.25) is 5.91 Å². The second kappa shape index (κ2) is 8.39. The van der Waals surface area contributed by atoms with Crippen molar-refractivity contribution in [3.05, 3.63) is 53.2 Å².